The standard InChI is InChI=1S/C15H15ClN2O4S/c16-13-5-4-12(23-13)11(19)3-6-14(20)18-9-15(21)17-8-10-2-1-7-22-10/h1-2,4-5,7H,3,6,8-9H2,(H,17,21)(H,18,20). The summed E-state index contributed by atoms with van der Waals surface area (Å²) in [5.74, 6) is -0.190. The molecule has 2 rings (SSSR count). The molecule has 0 aliphatic heterocycles. The van der Waals surface area contributed by atoms with E-state index in [-0.39, 0.29) is 43.5 Å². The number of furan rings is 1. The van der Waals surface area contributed by atoms with Crippen molar-refractivity contribution in [2.45, 2.75) is 19.4 Å². The highest BCUT2D eigenvalue weighted by molar-refractivity contribution is 7.18. The molecule has 0 atom stereocenters. The van der Waals surface area contributed by atoms with E-state index in [1.165, 1.54) is 17.6 Å². The van der Waals surface area contributed by atoms with Crippen LogP contribution in [0.4, 0.5) is 0 Å². The van der Waals surface area contributed by atoms with Crippen LogP contribution in [0.1, 0.15) is 28.3 Å². The van der Waals surface area contributed by atoms with E-state index in [9.17, 15) is 14.4 Å². The first-order chi connectivity index (χ1) is 11.0. The van der Waals surface area contributed by atoms with Gasteiger partial charge in [-0.25, -0.2) is 0 Å². The second-order valence-electron chi connectivity index (χ2n) is 4.66. The van der Waals surface area contributed by atoms with Gasteiger partial charge < -0.3 is 15.1 Å². The largest absolute Gasteiger partial charge is 0.467 e. The molecule has 2 amide bonds. The second-order valence-corrected chi connectivity index (χ2v) is 6.37. The number of amides is 2. The molecule has 2 heterocycles. The van der Waals surface area contributed by atoms with Crippen LogP contribution in [-0.2, 0) is 16.1 Å². The maximum Gasteiger partial charge on any atom is 0.239 e. The molecule has 0 unspecified atom stereocenters. The van der Waals surface area contributed by atoms with Crippen LogP contribution in [0, 0.1) is 0 Å². The zero-order valence-electron chi connectivity index (χ0n) is 12.1. The summed E-state index contributed by atoms with van der Waals surface area (Å²) < 4.78 is 5.60. The Bertz CT molecular complexity index is 681. The van der Waals surface area contributed by atoms with Crippen molar-refractivity contribution in [3.8, 4) is 0 Å². The van der Waals surface area contributed by atoms with E-state index in [4.69, 9.17) is 16.0 Å². The number of carbonyl (C=O) groups excluding carboxylic acids is 3. The molecule has 122 valence electrons. The highest BCUT2D eigenvalue weighted by Crippen LogP contribution is 2.22. The lowest BCUT2D eigenvalue weighted by molar-refractivity contribution is -0.126. The molecule has 2 aromatic heterocycles. The maximum absolute atomic E-state index is 11.8. The van der Waals surface area contributed by atoms with Gasteiger partial charge in [-0.3, -0.25) is 14.4 Å². The van der Waals surface area contributed by atoms with Crippen molar-refractivity contribution in [3.05, 3.63) is 45.5 Å². The molecule has 0 saturated carbocycles. The number of thiophene rings is 1. The average molecular weight is 355 g/mol. The summed E-state index contributed by atoms with van der Waals surface area (Å²) in [7, 11) is 0. The lowest BCUT2D eigenvalue weighted by Gasteiger charge is -2.05. The Kier molecular flexibility index (Phi) is 6.37. The highest BCUT2D eigenvalue weighted by atomic mass is 35.5. The van der Waals surface area contributed by atoms with E-state index in [2.05, 4.69) is 10.6 Å². The van der Waals surface area contributed by atoms with Gasteiger partial charge in [-0.2, -0.15) is 0 Å². The normalized spacial score (nSPS) is 10.3. The van der Waals surface area contributed by atoms with Gasteiger partial charge in [0.2, 0.25) is 11.8 Å². The number of carbonyl (C=O) groups is 3. The lowest BCUT2D eigenvalue weighted by Crippen LogP contribution is -2.36. The third-order valence-corrected chi connectivity index (χ3v) is 4.19. The fourth-order valence-corrected chi connectivity index (χ4v) is 2.75. The van der Waals surface area contributed by atoms with E-state index in [0.717, 1.165) is 0 Å². The van der Waals surface area contributed by atoms with Gasteiger partial charge in [-0.1, -0.05) is 11.6 Å². The van der Waals surface area contributed by atoms with Crippen molar-refractivity contribution >= 4 is 40.5 Å². The predicted octanol–water partition coefficient (Wildman–Crippen LogP) is 2.39. The summed E-state index contributed by atoms with van der Waals surface area (Å²) in [4.78, 5) is 35.5. The van der Waals surface area contributed by atoms with Crippen molar-refractivity contribution < 1.29 is 18.8 Å². The summed E-state index contributed by atoms with van der Waals surface area (Å²) in [6.45, 7) is 0.123. The Balaban J connectivity index is 1.62. The van der Waals surface area contributed by atoms with E-state index in [0.29, 0.717) is 15.0 Å². The van der Waals surface area contributed by atoms with Crippen molar-refractivity contribution in [2.24, 2.45) is 0 Å². The third-order valence-electron chi connectivity index (χ3n) is 2.91. The zero-order valence-corrected chi connectivity index (χ0v) is 13.7. The molecular weight excluding hydrogens is 340 g/mol. The predicted molar refractivity (Wildman–Crippen MR) is 86.5 cm³/mol. The molecule has 0 aromatic carbocycles. The summed E-state index contributed by atoms with van der Waals surface area (Å²) >= 11 is 6.94. The molecule has 6 nitrogen and oxygen atoms in total. The second kappa shape index (κ2) is 8.50. The van der Waals surface area contributed by atoms with Crippen LogP contribution in [0.15, 0.2) is 34.9 Å². The van der Waals surface area contributed by atoms with Crippen LogP contribution in [0.3, 0.4) is 0 Å². The van der Waals surface area contributed by atoms with Crippen molar-refractivity contribution in [2.75, 3.05) is 6.54 Å². The van der Waals surface area contributed by atoms with E-state index >= 15 is 0 Å². The smallest absolute Gasteiger partial charge is 0.239 e. The highest BCUT2D eigenvalue weighted by Gasteiger charge is 2.12. The number of rotatable bonds is 8. The van der Waals surface area contributed by atoms with Crippen LogP contribution < -0.4 is 10.6 Å². The molecular formula is C15H15ClN2O4S. The third kappa shape index (κ3) is 5.88. The van der Waals surface area contributed by atoms with Gasteiger partial charge in [-0.05, 0) is 24.3 Å². The van der Waals surface area contributed by atoms with Crippen LogP contribution in [0.5, 0.6) is 0 Å². The molecule has 0 spiro atoms. The van der Waals surface area contributed by atoms with E-state index < -0.39 is 0 Å². The number of hydrogen-bond acceptors (Lipinski definition) is 5. The number of nitrogens with one attached hydrogen (secondary N) is 2. The minimum atomic E-state index is -0.353. The first kappa shape index (κ1) is 17.2. The average Bonchev–Trinajstić information content (AvgIpc) is 3.19. The lowest BCUT2D eigenvalue weighted by atomic mass is 10.2. The van der Waals surface area contributed by atoms with Gasteiger partial charge in [0.25, 0.3) is 0 Å². The minimum absolute atomic E-state index is 0.0276. The molecule has 0 aliphatic rings. The summed E-state index contributed by atoms with van der Waals surface area (Å²) in [5, 5.41) is 5.07. The monoisotopic (exact) mass is 354 g/mol. The Morgan fingerprint density at radius 2 is 1.91 bits per heavy atom. The summed E-state index contributed by atoms with van der Waals surface area (Å²) in [5.41, 5.74) is 0. The van der Waals surface area contributed by atoms with Gasteiger partial charge in [0.1, 0.15) is 5.76 Å². The number of Topliss-reactive ketones (excluding diaryl/α,β-unsaturated/α-hetero) is 1. The van der Waals surface area contributed by atoms with Crippen molar-refractivity contribution in [1.82, 2.24) is 10.6 Å². The SMILES string of the molecule is O=C(CCC(=O)c1ccc(Cl)s1)NCC(=O)NCc1ccco1. The van der Waals surface area contributed by atoms with Crippen LogP contribution in [0.2, 0.25) is 4.34 Å². The van der Waals surface area contributed by atoms with Gasteiger partial charge in [0.15, 0.2) is 5.78 Å². The molecule has 0 radical (unpaired) electrons. The first-order valence-electron chi connectivity index (χ1n) is 6.89. The maximum atomic E-state index is 11.8. The topological polar surface area (TPSA) is 88.4 Å². The van der Waals surface area contributed by atoms with Gasteiger partial charge in [0.05, 0.1) is 28.6 Å². The quantitative estimate of drug-likeness (QED) is 0.712. The molecule has 8 heteroatoms. The van der Waals surface area contributed by atoms with Crippen LogP contribution >= 0.6 is 22.9 Å². The van der Waals surface area contributed by atoms with Crippen LogP contribution in [-0.4, -0.2) is 24.1 Å². The molecule has 0 fully saturated rings. The Morgan fingerprint density at radius 3 is 2.57 bits per heavy atom. The molecule has 2 aromatic rings. The fraction of sp³-hybridized carbons (Fsp3) is 0.267. The Hall–Kier alpha value is -2.12. The molecule has 23 heavy (non-hydrogen) atoms. The fourth-order valence-electron chi connectivity index (χ4n) is 1.74. The number of ketones is 1. The minimum Gasteiger partial charge on any atom is -0.467 e. The molecule has 0 aliphatic carbocycles. The van der Waals surface area contributed by atoms with Crippen LogP contribution in [0.25, 0.3) is 0 Å². The Labute approximate surface area is 141 Å². The first-order valence-corrected chi connectivity index (χ1v) is 8.08. The Morgan fingerprint density at radius 1 is 1.09 bits per heavy atom. The molecule has 2 N–H and O–H groups in total. The van der Waals surface area contributed by atoms with Crippen molar-refractivity contribution in [1.29, 1.82) is 0 Å². The molecule has 0 bridgehead atoms. The summed E-state index contributed by atoms with van der Waals surface area (Å²) in [6.07, 6.45) is 1.62. The van der Waals surface area contributed by atoms with E-state index in [1.54, 1.807) is 24.3 Å². The van der Waals surface area contributed by atoms with Gasteiger partial charge >= 0.3 is 0 Å². The van der Waals surface area contributed by atoms with Gasteiger partial charge in [-0.15, -0.1) is 11.3 Å². The zero-order chi connectivity index (χ0) is 16.7. The summed E-state index contributed by atoms with van der Waals surface area (Å²) in [6, 6.07) is 6.74. The van der Waals surface area contributed by atoms with Gasteiger partial charge in [0, 0.05) is 12.8 Å². The van der Waals surface area contributed by atoms with E-state index in [1.807, 2.05) is 0 Å². The number of hydrogen-bond donors (Lipinski definition) is 2. The molecule has 0 saturated heterocycles. The van der Waals surface area contributed by atoms with Crippen molar-refractivity contribution in [3.63, 3.8) is 0 Å². The number of halogens is 1.